The maximum absolute atomic E-state index is 5.64. The van der Waals surface area contributed by atoms with Crippen LogP contribution in [0.1, 0.15) is 25.8 Å². The normalized spacial score (nSPS) is 11.2. The molecular formula is C18H32IN3O3. The van der Waals surface area contributed by atoms with Crippen molar-refractivity contribution >= 4 is 29.9 Å². The Balaban J connectivity index is 0.00000576. The van der Waals surface area contributed by atoms with Gasteiger partial charge >= 0.3 is 0 Å². The predicted octanol–water partition coefficient (Wildman–Crippen LogP) is 2.81. The Hall–Kier alpha value is -1.06. The van der Waals surface area contributed by atoms with E-state index in [1.54, 1.807) is 14.2 Å². The molecule has 6 nitrogen and oxygen atoms in total. The summed E-state index contributed by atoms with van der Waals surface area (Å²) in [6.45, 7) is 7.56. The lowest BCUT2D eigenvalue weighted by molar-refractivity contribution is 0.0698. The van der Waals surface area contributed by atoms with Crippen LogP contribution in [0.25, 0.3) is 0 Å². The first-order valence-corrected chi connectivity index (χ1v) is 8.42. The van der Waals surface area contributed by atoms with Crippen molar-refractivity contribution < 1.29 is 14.2 Å². The molecule has 0 bridgehead atoms. The Kier molecular flexibility index (Phi) is 14.6. The van der Waals surface area contributed by atoms with Gasteiger partial charge in [0.05, 0.1) is 19.3 Å². The van der Waals surface area contributed by atoms with Crippen molar-refractivity contribution in [1.82, 2.24) is 10.6 Å². The van der Waals surface area contributed by atoms with Crippen molar-refractivity contribution in [3.63, 3.8) is 0 Å². The maximum atomic E-state index is 5.64. The summed E-state index contributed by atoms with van der Waals surface area (Å²) in [4.78, 5) is 4.22. The van der Waals surface area contributed by atoms with Gasteiger partial charge in [-0.2, -0.15) is 0 Å². The van der Waals surface area contributed by atoms with Crippen molar-refractivity contribution in [3.8, 4) is 5.75 Å². The minimum atomic E-state index is 0. The van der Waals surface area contributed by atoms with Crippen molar-refractivity contribution in [2.75, 3.05) is 40.5 Å². The second-order valence-corrected chi connectivity index (χ2v) is 5.62. The Morgan fingerprint density at radius 3 is 2.40 bits per heavy atom. The SMILES string of the molecule is CN=C(NCCCOCCOC)NCc1ccc(OC(C)C)cc1.I. The molecule has 0 aromatic heterocycles. The van der Waals surface area contributed by atoms with E-state index in [-0.39, 0.29) is 30.1 Å². The first-order valence-electron chi connectivity index (χ1n) is 8.42. The van der Waals surface area contributed by atoms with Crippen molar-refractivity contribution in [2.45, 2.75) is 32.9 Å². The lowest BCUT2D eigenvalue weighted by Gasteiger charge is -2.13. The van der Waals surface area contributed by atoms with Gasteiger partial charge < -0.3 is 24.8 Å². The number of nitrogens with zero attached hydrogens (tertiary/aromatic N) is 1. The molecule has 7 heteroatoms. The van der Waals surface area contributed by atoms with E-state index in [9.17, 15) is 0 Å². The molecule has 0 spiro atoms. The van der Waals surface area contributed by atoms with Crippen LogP contribution in [0.2, 0.25) is 0 Å². The molecule has 1 rings (SSSR count). The number of aliphatic imine (C=N–C) groups is 1. The molecule has 0 radical (unpaired) electrons. The van der Waals surface area contributed by atoms with E-state index >= 15 is 0 Å². The van der Waals surface area contributed by atoms with Gasteiger partial charge in [-0.3, -0.25) is 4.99 Å². The first kappa shape index (κ1) is 23.9. The van der Waals surface area contributed by atoms with E-state index in [0.29, 0.717) is 26.4 Å². The Labute approximate surface area is 168 Å². The molecular weight excluding hydrogens is 433 g/mol. The van der Waals surface area contributed by atoms with E-state index in [0.717, 1.165) is 24.7 Å². The fourth-order valence-electron chi connectivity index (χ4n) is 1.99. The molecule has 0 amide bonds. The van der Waals surface area contributed by atoms with Crippen LogP contribution < -0.4 is 15.4 Å². The molecule has 0 aliphatic heterocycles. The summed E-state index contributed by atoms with van der Waals surface area (Å²) in [6, 6.07) is 8.10. The van der Waals surface area contributed by atoms with Crippen molar-refractivity contribution in [1.29, 1.82) is 0 Å². The molecule has 0 fully saturated rings. The van der Waals surface area contributed by atoms with Crippen LogP contribution in [-0.4, -0.2) is 52.6 Å². The average Bonchev–Trinajstić information content (AvgIpc) is 2.57. The van der Waals surface area contributed by atoms with Gasteiger partial charge in [-0.15, -0.1) is 24.0 Å². The molecule has 1 aromatic carbocycles. The Morgan fingerprint density at radius 1 is 1.08 bits per heavy atom. The van der Waals surface area contributed by atoms with E-state index in [2.05, 4.69) is 27.8 Å². The molecule has 1 aromatic rings. The zero-order valence-corrected chi connectivity index (χ0v) is 18.0. The van der Waals surface area contributed by atoms with Crippen molar-refractivity contribution in [3.05, 3.63) is 29.8 Å². The van der Waals surface area contributed by atoms with Crippen molar-refractivity contribution in [2.24, 2.45) is 4.99 Å². The summed E-state index contributed by atoms with van der Waals surface area (Å²) in [7, 11) is 3.44. The molecule has 25 heavy (non-hydrogen) atoms. The molecule has 0 saturated heterocycles. The molecule has 0 heterocycles. The van der Waals surface area contributed by atoms with E-state index in [1.807, 2.05) is 26.0 Å². The molecule has 0 saturated carbocycles. The number of rotatable bonds is 11. The van der Waals surface area contributed by atoms with E-state index < -0.39 is 0 Å². The standard InChI is InChI=1S/C18H31N3O3.HI/c1-15(2)24-17-8-6-16(7-9-17)14-21-18(19-3)20-10-5-11-23-13-12-22-4;/h6-9,15H,5,10-14H2,1-4H3,(H2,19,20,21);1H. The minimum Gasteiger partial charge on any atom is -0.491 e. The number of hydrogen-bond acceptors (Lipinski definition) is 4. The minimum absolute atomic E-state index is 0. The van der Waals surface area contributed by atoms with Crippen LogP contribution in [0.15, 0.2) is 29.3 Å². The molecule has 0 unspecified atom stereocenters. The number of guanidine groups is 1. The zero-order chi connectivity index (χ0) is 17.6. The van der Waals surface area contributed by atoms with Gasteiger partial charge in [0.25, 0.3) is 0 Å². The second kappa shape index (κ2) is 15.2. The summed E-state index contributed by atoms with van der Waals surface area (Å²) < 4.78 is 16.0. The third kappa shape index (κ3) is 12.0. The second-order valence-electron chi connectivity index (χ2n) is 5.62. The highest BCUT2D eigenvalue weighted by Crippen LogP contribution is 2.13. The Bertz CT molecular complexity index is 467. The van der Waals surface area contributed by atoms with Gasteiger partial charge in [-0.25, -0.2) is 0 Å². The van der Waals surface area contributed by atoms with Crippen LogP contribution in [-0.2, 0) is 16.0 Å². The highest BCUT2D eigenvalue weighted by Gasteiger charge is 2.00. The van der Waals surface area contributed by atoms with Crippen LogP contribution in [0, 0.1) is 0 Å². The van der Waals surface area contributed by atoms with Crippen LogP contribution in [0.5, 0.6) is 5.75 Å². The number of hydrogen-bond donors (Lipinski definition) is 2. The average molecular weight is 465 g/mol. The summed E-state index contributed by atoms with van der Waals surface area (Å²) in [5.41, 5.74) is 1.18. The van der Waals surface area contributed by atoms with E-state index in [1.165, 1.54) is 5.56 Å². The molecule has 0 atom stereocenters. The number of halogens is 1. The maximum Gasteiger partial charge on any atom is 0.191 e. The highest BCUT2D eigenvalue weighted by atomic mass is 127. The zero-order valence-electron chi connectivity index (χ0n) is 15.7. The van der Waals surface area contributed by atoms with E-state index in [4.69, 9.17) is 14.2 Å². The lowest BCUT2D eigenvalue weighted by Crippen LogP contribution is -2.37. The topological polar surface area (TPSA) is 64.1 Å². The third-order valence-electron chi connectivity index (χ3n) is 3.17. The van der Waals surface area contributed by atoms with Gasteiger partial charge in [0.15, 0.2) is 5.96 Å². The molecule has 2 N–H and O–H groups in total. The Morgan fingerprint density at radius 2 is 1.80 bits per heavy atom. The number of nitrogens with one attached hydrogen (secondary N) is 2. The van der Waals surface area contributed by atoms with Crippen LogP contribution in [0.4, 0.5) is 0 Å². The highest BCUT2D eigenvalue weighted by molar-refractivity contribution is 14.0. The molecule has 144 valence electrons. The predicted molar refractivity (Wildman–Crippen MR) is 113 cm³/mol. The summed E-state index contributed by atoms with van der Waals surface area (Å²) in [5.74, 6) is 1.68. The monoisotopic (exact) mass is 465 g/mol. The largest absolute Gasteiger partial charge is 0.491 e. The van der Waals surface area contributed by atoms with Gasteiger partial charge in [-0.05, 0) is 38.0 Å². The summed E-state index contributed by atoms with van der Waals surface area (Å²) in [5, 5.41) is 6.57. The van der Waals surface area contributed by atoms with Gasteiger partial charge in [0.1, 0.15) is 5.75 Å². The quantitative estimate of drug-likeness (QED) is 0.228. The lowest BCUT2D eigenvalue weighted by atomic mass is 10.2. The van der Waals surface area contributed by atoms with Crippen LogP contribution in [0.3, 0.4) is 0 Å². The number of ether oxygens (including phenoxy) is 3. The van der Waals surface area contributed by atoms with Gasteiger partial charge in [0.2, 0.25) is 0 Å². The third-order valence-corrected chi connectivity index (χ3v) is 3.17. The number of methoxy groups -OCH3 is 1. The number of benzene rings is 1. The molecule has 0 aliphatic carbocycles. The first-order chi connectivity index (χ1) is 11.7. The fraction of sp³-hybridized carbons (Fsp3) is 0.611. The smallest absolute Gasteiger partial charge is 0.191 e. The van der Waals surface area contributed by atoms with Gasteiger partial charge in [0, 0.05) is 33.9 Å². The molecule has 0 aliphatic rings. The van der Waals surface area contributed by atoms with Gasteiger partial charge in [-0.1, -0.05) is 12.1 Å². The summed E-state index contributed by atoms with van der Waals surface area (Å²) in [6.07, 6.45) is 1.11. The fourth-order valence-corrected chi connectivity index (χ4v) is 1.99. The van der Waals surface area contributed by atoms with Crippen LogP contribution >= 0.6 is 24.0 Å². The summed E-state index contributed by atoms with van der Waals surface area (Å²) >= 11 is 0.